The standard InChI is InChI=1S/C21H34O10P2/c1-7-28-32(25,29-8-2)21(6,33(26,30-9-3)31-10-4)20(5,18(22)23)19(24)27-16-17-14-12-11-13-15-17/h11-15H,7-10,16H2,1-6H3,(H,22,23). The maximum absolute atomic E-state index is 14.1. The van der Waals surface area contributed by atoms with E-state index in [1.165, 1.54) is 27.7 Å². The molecule has 0 aliphatic carbocycles. The largest absolute Gasteiger partial charge is 0.480 e. The van der Waals surface area contributed by atoms with E-state index in [1.807, 2.05) is 0 Å². The second-order valence-corrected chi connectivity index (χ2v) is 12.3. The SMILES string of the molecule is CCOP(=O)(OCC)C(C)(C(C)(C(=O)O)C(=O)OCc1ccccc1)P(=O)(OCC)OCC. The number of carboxylic acid groups (broad SMARTS) is 1. The first kappa shape index (κ1) is 29.5. The Morgan fingerprint density at radius 1 is 0.818 bits per heavy atom. The van der Waals surface area contributed by atoms with Gasteiger partial charge in [0.25, 0.3) is 0 Å². The second kappa shape index (κ2) is 12.2. The Hall–Kier alpha value is -1.54. The van der Waals surface area contributed by atoms with Crippen LogP contribution in [0.4, 0.5) is 0 Å². The number of carbonyl (C=O) groups is 2. The number of esters is 1. The van der Waals surface area contributed by atoms with Crippen LogP contribution >= 0.6 is 15.2 Å². The zero-order chi connectivity index (χ0) is 25.3. The number of carboxylic acids is 1. The van der Waals surface area contributed by atoms with Crippen LogP contribution in [0.1, 0.15) is 47.1 Å². The lowest BCUT2D eigenvalue weighted by atomic mass is 9.86. The molecular formula is C21H34O10P2. The number of ether oxygens (including phenoxy) is 1. The van der Waals surface area contributed by atoms with Gasteiger partial charge < -0.3 is 27.9 Å². The van der Waals surface area contributed by atoms with Gasteiger partial charge in [-0.15, -0.1) is 0 Å². The van der Waals surface area contributed by atoms with Crippen LogP contribution in [0.2, 0.25) is 0 Å². The van der Waals surface area contributed by atoms with Gasteiger partial charge in [0.2, 0.25) is 0 Å². The maximum atomic E-state index is 14.1. The van der Waals surface area contributed by atoms with E-state index < -0.39 is 37.4 Å². The van der Waals surface area contributed by atoms with Crippen LogP contribution in [0.25, 0.3) is 0 Å². The molecule has 12 heteroatoms. The van der Waals surface area contributed by atoms with Crippen LogP contribution in [0.5, 0.6) is 0 Å². The minimum atomic E-state index is -4.64. The Morgan fingerprint density at radius 3 is 1.55 bits per heavy atom. The van der Waals surface area contributed by atoms with Crippen LogP contribution in [0, 0.1) is 5.41 Å². The van der Waals surface area contributed by atoms with E-state index >= 15 is 0 Å². The Balaban J connectivity index is 3.81. The first-order valence-electron chi connectivity index (χ1n) is 10.7. The summed E-state index contributed by atoms with van der Waals surface area (Å²) in [7, 11) is -9.28. The van der Waals surface area contributed by atoms with Crippen LogP contribution in [-0.2, 0) is 48.2 Å². The Morgan fingerprint density at radius 2 is 1.21 bits per heavy atom. The van der Waals surface area contributed by atoms with Crippen LogP contribution in [0.3, 0.4) is 0 Å². The fourth-order valence-corrected chi connectivity index (χ4v) is 9.18. The lowest BCUT2D eigenvalue weighted by molar-refractivity contribution is -0.170. The van der Waals surface area contributed by atoms with Crippen molar-refractivity contribution in [1.82, 2.24) is 0 Å². The summed E-state index contributed by atoms with van der Waals surface area (Å²) in [5, 5.41) is 10.3. The normalized spacial score (nSPS) is 14.5. The molecule has 0 aliphatic heterocycles. The first-order valence-corrected chi connectivity index (χ1v) is 13.7. The zero-order valence-corrected chi connectivity index (χ0v) is 21.7. The molecule has 1 N–H and O–H groups in total. The molecule has 0 radical (unpaired) electrons. The summed E-state index contributed by atoms with van der Waals surface area (Å²) in [6, 6.07) is 8.58. The molecule has 0 fully saturated rings. The number of aliphatic carboxylic acids is 1. The lowest BCUT2D eigenvalue weighted by Crippen LogP contribution is -2.55. The van der Waals surface area contributed by atoms with E-state index in [0.717, 1.165) is 13.8 Å². The smallest absolute Gasteiger partial charge is 0.350 e. The third kappa shape index (κ3) is 5.59. The van der Waals surface area contributed by atoms with Crippen LogP contribution in [-0.4, -0.2) is 48.4 Å². The Bertz CT molecular complexity index is 838. The molecule has 1 aromatic rings. The number of hydrogen-bond acceptors (Lipinski definition) is 9. The highest BCUT2D eigenvalue weighted by molar-refractivity contribution is 7.74. The van der Waals surface area contributed by atoms with E-state index in [0.29, 0.717) is 5.56 Å². The van der Waals surface area contributed by atoms with Crippen molar-refractivity contribution < 1.29 is 46.7 Å². The number of hydrogen-bond donors (Lipinski definition) is 1. The minimum Gasteiger partial charge on any atom is -0.480 e. The molecule has 33 heavy (non-hydrogen) atoms. The minimum absolute atomic E-state index is 0.181. The van der Waals surface area contributed by atoms with Gasteiger partial charge in [0, 0.05) is 0 Å². The summed E-state index contributed by atoms with van der Waals surface area (Å²) in [6.45, 7) is 7.06. The van der Waals surface area contributed by atoms with Crippen molar-refractivity contribution >= 4 is 27.1 Å². The van der Waals surface area contributed by atoms with E-state index in [1.54, 1.807) is 30.3 Å². The Labute approximate surface area is 195 Å². The lowest BCUT2D eigenvalue weighted by Gasteiger charge is -2.46. The molecule has 1 rings (SSSR count). The van der Waals surface area contributed by atoms with Crippen LogP contribution in [0.15, 0.2) is 30.3 Å². The number of rotatable bonds is 15. The highest BCUT2D eigenvalue weighted by Crippen LogP contribution is 2.82. The molecule has 1 atom stereocenters. The van der Waals surface area contributed by atoms with Gasteiger partial charge in [-0.3, -0.25) is 18.7 Å². The highest BCUT2D eigenvalue weighted by atomic mass is 31.2. The summed E-state index contributed by atoms with van der Waals surface area (Å²) in [4.78, 5) is 23.4. The van der Waals surface area contributed by atoms with Gasteiger partial charge in [0.15, 0.2) is 10.3 Å². The summed E-state index contributed by atoms with van der Waals surface area (Å²) >= 11 is 0. The monoisotopic (exact) mass is 508 g/mol. The third-order valence-electron chi connectivity index (χ3n) is 5.26. The van der Waals surface area contributed by atoms with Gasteiger partial charge in [-0.25, -0.2) is 0 Å². The van der Waals surface area contributed by atoms with Gasteiger partial charge in [-0.1, -0.05) is 30.3 Å². The molecule has 0 spiro atoms. The first-order chi connectivity index (χ1) is 15.4. The maximum Gasteiger partial charge on any atom is 0.350 e. The molecule has 0 aliphatic rings. The van der Waals surface area contributed by atoms with Crippen molar-refractivity contribution in [2.24, 2.45) is 5.41 Å². The van der Waals surface area contributed by atoms with Gasteiger partial charge in [-0.05, 0) is 47.1 Å². The third-order valence-corrected chi connectivity index (χ3v) is 12.1. The fourth-order valence-electron chi connectivity index (χ4n) is 3.31. The van der Waals surface area contributed by atoms with E-state index in [4.69, 9.17) is 22.8 Å². The summed E-state index contributed by atoms with van der Waals surface area (Å²) in [6.07, 6.45) is 0. The van der Waals surface area contributed by atoms with Crippen molar-refractivity contribution in [2.45, 2.75) is 53.0 Å². The predicted molar refractivity (Wildman–Crippen MR) is 122 cm³/mol. The fraction of sp³-hybridized carbons (Fsp3) is 0.619. The van der Waals surface area contributed by atoms with Gasteiger partial charge in [0.1, 0.15) is 6.61 Å². The molecule has 0 amide bonds. The molecule has 188 valence electrons. The molecule has 0 saturated heterocycles. The summed E-state index contributed by atoms with van der Waals surface area (Å²) in [5.41, 5.74) is -2.11. The van der Waals surface area contributed by atoms with Crippen molar-refractivity contribution in [1.29, 1.82) is 0 Å². The van der Waals surface area contributed by atoms with E-state index in [2.05, 4.69) is 0 Å². The van der Waals surface area contributed by atoms with Gasteiger partial charge >= 0.3 is 27.1 Å². The molecule has 10 nitrogen and oxygen atoms in total. The highest BCUT2D eigenvalue weighted by Gasteiger charge is 2.77. The topological polar surface area (TPSA) is 135 Å². The van der Waals surface area contributed by atoms with E-state index in [-0.39, 0.29) is 33.0 Å². The molecule has 0 bridgehead atoms. The molecular weight excluding hydrogens is 474 g/mol. The second-order valence-electron chi connectivity index (χ2n) is 7.18. The predicted octanol–water partition coefficient (Wildman–Crippen LogP) is 5.07. The molecule has 1 aromatic carbocycles. The Kier molecular flexibility index (Phi) is 10.9. The number of benzene rings is 1. The van der Waals surface area contributed by atoms with Crippen LogP contribution < -0.4 is 0 Å². The average Bonchev–Trinajstić information content (AvgIpc) is 2.77. The molecule has 1 unspecified atom stereocenters. The number of carbonyl (C=O) groups excluding carboxylic acids is 1. The van der Waals surface area contributed by atoms with Gasteiger partial charge in [0.05, 0.1) is 26.4 Å². The van der Waals surface area contributed by atoms with Gasteiger partial charge in [-0.2, -0.15) is 0 Å². The summed E-state index contributed by atoms with van der Waals surface area (Å²) < 4.78 is 55.2. The van der Waals surface area contributed by atoms with E-state index in [9.17, 15) is 23.8 Å². The summed E-state index contributed by atoms with van der Waals surface area (Å²) in [5.74, 6) is -3.04. The zero-order valence-electron chi connectivity index (χ0n) is 19.9. The molecule has 0 heterocycles. The molecule has 0 saturated carbocycles. The van der Waals surface area contributed by atoms with Crippen molar-refractivity contribution in [3.8, 4) is 0 Å². The van der Waals surface area contributed by atoms with Crippen molar-refractivity contribution in [3.05, 3.63) is 35.9 Å². The van der Waals surface area contributed by atoms with Crippen molar-refractivity contribution in [3.63, 3.8) is 0 Å². The van der Waals surface area contributed by atoms with Crippen molar-refractivity contribution in [2.75, 3.05) is 26.4 Å². The molecule has 0 aromatic heterocycles. The average molecular weight is 508 g/mol. The quantitative estimate of drug-likeness (QED) is 0.194.